The summed E-state index contributed by atoms with van der Waals surface area (Å²) in [6.07, 6.45) is 9.81. The van der Waals surface area contributed by atoms with E-state index in [2.05, 4.69) is 15.1 Å². The molecule has 0 aromatic heterocycles. The number of hydrogen-bond donors (Lipinski definition) is 2. The molecule has 0 aromatic carbocycles. The number of nitrogens with zero attached hydrogens (tertiary/aromatic N) is 2. The number of piperazine rings is 1. The van der Waals surface area contributed by atoms with E-state index in [1.54, 1.807) is 0 Å². The van der Waals surface area contributed by atoms with Crippen molar-refractivity contribution in [3.05, 3.63) is 0 Å². The molecule has 2 aliphatic rings. The number of carbonyl (C=O) groups is 1. The summed E-state index contributed by atoms with van der Waals surface area (Å²) in [6.45, 7) is 7.00. The van der Waals surface area contributed by atoms with Crippen LogP contribution in [0, 0.1) is 5.92 Å². The molecule has 1 heterocycles. The molecular formula is C18H35N3O2. The highest BCUT2D eigenvalue weighted by Gasteiger charge is 2.19. The van der Waals surface area contributed by atoms with Gasteiger partial charge < -0.3 is 15.3 Å². The number of rotatable bonds is 9. The summed E-state index contributed by atoms with van der Waals surface area (Å²) in [5.41, 5.74) is 0. The van der Waals surface area contributed by atoms with Gasteiger partial charge in [0.05, 0.1) is 6.54 Å². The summed E-state index contributed by atoms with van der Waals surface area (Å²) >= 11 is 0. The molecule has 0 aromatic rings. The maximum atomic E-state index is 12.1. The highest BCUT2D eigenvalue weighted by Crippen LogP contribution is 2.22. The van der Waals surface area contributed by atoms with Crippen LogP contribution < -0.4 is 5.32 Å². The zero-order valence-corrected chi connectivity index (χ0v) is 14.6. The Morgan fingerprint density at radius 1 is 0.957 bits per heavy atom. The molecule has 2 N–H and O–H groups in total. The van der Waals surface area contributed by atoms with Crippen molar-refractivity contribution in [3.63, 3.8) is 0 Å². The van der Waals surface area contributed by atoms with E-state index in [1.165, 1.54) is 38.5 Å². The van der Waals surface area contributed by atoms with Gasteiger partial charge in [0.1, 0.15) is 0 Å². The molecule has 2 fully saturated rings. The Bertz CT molecular complexity index is 324. The number of aliphatic hydroxyl groups is 1. The summed E-state index contributed by atoms with van der Waals surface area (Å²) in [6, 6.07) is 0. The lowest BCUT2D eigenvalue weighted by atomic mass is 9.89. The third-order valence-corrected chi connectivity index (χ3v) is 5.28. The highest BCUT2D eigenvalue weighted by molar-refractivity contribution is 5.78. The van der Waals surface area contributed by atoms with Gasteiger partial charge in [-0.15, -0.1) is 0 Å². The molecule has 0 radical (unpaired) electrons. The van der Waals surface area contributed by atoms with Crippen LogP contribution in [0.15, 0.2) is 0 Å². The van der Waals surface area contributed by atoms with Crippen LogP contribution in [0.1, 0.15) is 51.4 Å². The lowest BCUT2D eigenvalue weighted by Gasteiger charge is -2.34. The molecule has 0 spiro atoms. The van der Waals surface area contributed by atoms with Gasteiger partial charge in [-0.3, -0.25) is 9.69 Å². The molecule has 1 saturated heterocycles. The first-order valence-corrected chi connectivity index (χ1v) is 9.60. The van der Waals surface area contributed by atoms with Gasteiger partial charge in [0.15, 0.2) is 0 Å². The van der Waals surface area contributed by atoms with Gasteiger partial charge in [-0.1, -0.05) is 19.3 Å². The molecule has 5 nitrogen and oxygen atoms in total. The van der Waals surface area contributed by atoms with Crippen molar-refractivity contribution < 1.29 is 9.90 Å². The number of carbonyl (C=O) groups excluding carboxylic acids is 1. The summed E-state index contributed by atoms with van der Waals surface area (Å²) < 4.78 is 0. The molecule has 0 atom stereocenters. The van der Waals surface area contributed by atoms with E-state index in [4.69, 9.17) is 5.11 Å². The van der Waals surface area contributed by atoms with E-state index in [1.807, 2.05) is 0 Å². The average molecular weight is 325 g/mol. The van der Waals surface area contributed by atoms with Crippen molar-refractivity contribution in [1.29, 1.82) is 0 Å². The Morgan fingerprint density at radius 2 is 1.65 bits per heavy atom. The normalized spacial score (nSPS) is 21.4. The van der Waals surface area contributed by atoms with Crippen molar-refractivity contribution in [2.75, 3.05) is 52.4 Å². The van der Waals surface area contributed by atoms with Gasteiger partial charge in [0, 0.05) is 39.3 Å². The fourth-order valence-corrected chi connectivity index (χ4v) is 3.70. The van der Waals surface area contributed by atoms with Crippen LogP contribution >= 0.6 is 0 Å². The monoisotopic (exact) mass is 325 g/mol. The topological polar surface area (TPSA) is 55.8 Å². The predicted octanol–water partition coefficient (Wildman–Crippen LogP) is 1.46. The van der Waals surface area contributed by atoms with Crippen LogP contribution in [-0.4, -0.2) is 73.2 Å². The minimum atomic E-state index is 0.201. The Labute approximate surface area is 141 Å². The zero-order chi connectivity index (χ0) is 16.3. The second kappa shape index (κ2) is 11.0. The molecule has 1 aliphatic heterocycles. The van der Waals surface area contributed by atoms with Crippen molar-refractivity contribution in [2.24, 2.45) is 5.92 Å². The Hall–Kier alpha value is -0.650. The van der Waals surface area contributed by atoms with Gasteiger partial charge in [0.25, 0.3) is 0 Å². The summed E-state index contributed by atoms with van der Waals surface area (Å²) in [7, 11) is 0. The van der Waals surface area contributed by atoms with Crippen LogP contribution in [0.3, 0.4) is 0 Å². The van der Waals surface area contributed by atoms with E-state index in [9.17, 15) is 4.79 Å². The van der Waals surface area contributed by atoms with Crippen molar-refractivity contribution >= 4 is 5.91 Å². The second-order valence-electron chi connectivity index (χ2n) is 7.21. The van der Waals surface area contributed by atoms with E-state index >= 15 is 0 Å². The largest absolute Gasteiger partial charge is 0.396 e. The Balaban J connectivity index is 1.52. The molecular weight excluding hydrogens is 290 g/mol. The lowest BCUT2D eigenvalue weighted by molar-refractivity contribution is -0.122. The number of hydrogen-bond acceptors (Lipinski definition) is 4. The maximum absolute atomic E-state index is 12.1. The minimum Gasteiger partial charge on any atom is -0.396 e. The second-order valence-corrected chi connectivity index (χ2v) is 7.21. The van der Waals surface area contributed by atoms with E-state index < -0.39 is 0 Å². The third kappa shape index (κ3) is 7.64. The number of amides is 1. The first kappa shape index (κ1) is 18.7. The molecule has 23 heavy (non-hydrogen) atoms. The molecule has 134 valence electrons. The summed E-state index contributed by atoms with van der Waals surface area (Å²) in [5, 5.41) is 11.9. The van der Waals surface area contributed by atoms with Crippen molar-refractivity contribution in [3.8, 4) is 0 Å². The quantitative estimate of drug-likeness (QED) is 0.630. The maximum Gasteiger partial charge on any atom is 0.234 e. The number of nitrogens with one attached hydrogen (secondary N) is 1. The van der Waals surface area contributed by atoms with Crippen LogP contribution in [0.4, 0.5) is 0 Å². The first-order chi connectivity index (χ1) is 11.3. The molecule has 5 heteroatoms. The van der Waals surface area contributed by atoms with Crippen LogP contribution in [0.5, 0.6) is 0 Å². The fraction of sp³-hybridized carbons (Fsp3) is 0.944. The Morgan fingerprint density at radius 3 is 2.35 bits per heavy atom. The van der Waals surface area contributed by atoms with Crippen molar-refractivity contribution in [1.82, 2.24) is 15.1 Å². The fourth-order valence-electron chi connectivity index (χ4n) is 3.70. The third-order valence-electron chi connectivity index (χ3n) is 5.28. The van der Waals surface area contributed by atoms with Crippen molar-refractivity contribution in [2.45, 2.75) is 51.4 Å². The molecule has 0 bridgehead atoms. The minimum absolute atomic E-state index is 0.201. The predicted molar refractivity (Wildman–Crippen MR) is 93.4 cm³/mol. The molecule has 1 saturated carbocycles. The molecule has 1 aliphatic carbocycles. The molecule has 2 rings (SSSR count). The van der Waals surface area contributed by atoms with E-state index in [0.29, 0.717) is 19.1 Å². The van der Waals surface area contributed by atoms with Crippen LogP contribution in [0.2, 0.25) is 0 Å². The molecule has 1 amide bonds. The zero-order valence-electron chi connectivity index (χ0n) is 14.6. The number of unbranched alkanes of at least 4 members (excludes halogenated alkanes) is 2. The average Bonchev–Trinajstić information content (AvgIpc) is 2.59. The van der Waals surface area contributed by atoms with Gasteiger partial charge >= 0.3 is 0 Å². The number of aliphatic hydroxyl groups excluding tert-OH is 1. The van der Waals surface area contributed by atoms with Crippen LogP contribution in [-0.2, 0) is 4.79 Å². The highest BCUT2D eigenvalue weighted by atomic mass is 16.2. The Kier molecular flexibility index (Phi) is 8.94. The van der Waals surface area contributed by atoms with E-state index in [-0.39, 0.29) is 5.91 Å². The van der Waals surface area contributed by atoms with Gasteiger partial charge in [0.2, 0.25) is 5.91 Å². The van der Waals surface area contributed by atoms with Gasteiger partial charge in [-0.25, -0.2) is 0 Å². The lowest BCUT2D eigenvalue weighted by Crippen LogP contribution is -2.49. The molecule has 0 unspecified atom stereocenters. The SMILES string of the molecule is O=C(CN1CCN(CCCCCO)CC1)NCC1CCCCC1. The summed E-state index contributed by atoms with van der Waals surface area (Å²) in [5.74, 6) is 0.912. The van der Waals surface area contributed by atoms with Crippen LogP contribution in [0.25, 0.3) is 0 Å². The standard InChI is InChI=1S/C18H35N3O2/c22-14-6-2-5-9-20-10-12-21(13-11-20)16-18(23)19-15-17-7-3-1-4-8-17/h17,22H,1-16H2,(H,19,23). The summed E-state index contributed by atoms with van der Waals surface area (Å²) in [4.78, 5) is 16.8. The smallest absolute Gasteiger partial charge is 0.234 e. The van der Waals surface area contributed by atoms with E-state index in [0.717, 1.165) is 52.1 Å². The first-order valence-electron chi connectivity index (χ1n) is 9.60. The van der Waals surface area contributed by atoms with Gasteiger partial charge in [-0.05, 0) is 44.6 Å². The van der Waals surface area contributed by atoms with Gasteiger partial charge in [-0.2, -0.15) is 0 Å².